The minimum Gasteiger partial charge on any atom is -0.373 e. The fraction of sp³-hybridized carbons (Fsp3) is 0.250. The van der Waals surface area contributed by atoms with E-state index in [1.807, 2.05) is 37.3 Å². The monoisotopic (exact) mass is 405 g/mol. The van der Waals surface area contributed by atoms with Crippen LogP contribution < -0.4 is 27.1 Å². The molecule has 1 unspecified atom stereocenters. The van der Waals surface area contributed by atoms with Gasteiger partial charge in [-0.1, -0.05) is 37.3 Å². The summed E-state index contributed by atoms with van der Waals surface area (Å²) in [6.07, 6.45) is -2.95. The van der Waals surface area contributed by atoms with E-state index in [1.165, 1.54) is 12.1 Å². The molecule has 29 heavy (non-hydrogen) atoms. The molecule has 2 aromatic carbocycles. The van der Waals surface area contributed by atoms with Crippen molar-refractivity contribution in [1.29, 1.82) is 0 Å². The summed E-state index contributed by atoms with van der Waals surface area (Å²) in [5.41, 5.74) is -1.96. The molecule has 6 nitrogen and oxygen atoms in total. The van der Waals surface area contributed by atoms with E-state index < -0.39 is 29.1 Å². The number of nitrogens with zero attached hydrogens (tertiary/aromatic N) is 1. The van der Waals surface area contributed by atoms with Gasteiger partial charge in [0, 0.05) is 6.20 Å². The van der Waals surface area contributed by atoms with Crippen molar-refractivity contribution in [2.24, 2.45) is 0 Å². The van der Waals surface area contributed by atoms with E-state index in [2.05, 4.69) is 10.6 Å². The molecule has 152 valence electrons. The maximum Gasteiger partial charge on any atom is 0.406 e. The summed E-state index contributed by atoms with van der Waals surface area (Å²) in [7, 11) is 0. The molecule has 3 rings (SSSR count). The Morgan fingerprint density at radius 1 is 0.966 bits per heavy atom. The smallest absolute Gasteiger partial charge is 0.373 e. The number of halogens is 3. The van der Waals surface area contributed by atoms with Crippen molar-refractivity contribution in [3.63, 3.8) is 0 Å². The van der Waals surface area contributed by atoms with E-state index in [4.69, 9.17) is 0 Å². The SMILES string of the molecule is CCC(Nc1c(Nc2cccn(CC(F)(F)F)c2=O)c(=O)c1=O)c1ccccc1. The lowest BCUT2D eigenvalue weighted by Crippen LogP contribution is -2.38. The van der Waals surface area contributed by atoms with Gasteiger partial charge in [-0.05, 0) is 24.1 Å². The van der Waals surface area contributed by atoms with Gasteiger partial charge in [-0.3, -0.25) is 14.4 Å². The molecule has 0 bridgehead atoms. The van der Waals surface area contributed by atoms with Crippen molar-refractivity contribution in [2.45, 2.75) is 32.1 Å². The molecule has 0 aliphatic rings. The third kappa shape index (κ3) is 4.39. The number of nitrogens with one attached hydrogen (secondary N) is 2. The summed E-state index contributed by atoms with van der Waals surface area (Å²) in [4.78, 5) is 36.3. The zero-order valence-electron chi connectivity index (χ0n) is 15.4. The molecule has 3 aromatic rings. The standard InChI is InChI=1S/C20H18F3N3O3/c1-2-13(12-7-4-3-5-8-12)24-15-16(18(28)17(15)27)25-14-9-6-10-26(19(14)29)11-20(21,22)23/h3-10,13,24-25H,2,11H2,1H3. The van der Waals surface area contributed by atoms with Gasteiger partial charge in [-0.25, -0.2) is 0 Å². The first-order chi connectivity index (χ1) is 13.7. The molecule has 9 heteroatoms. The molecular weight excluding hydrogens is 387 g/mol. The van der Waals surface area contributed by atoms with Crippen LogP contribution in [-0.4, -0.2) is 10.7 Å². The van der Waals surface area contributed by atoms with Crippen molar-refractivity contribution in [2.75, 3.05) is 10.6 Å². The molecule has 0 aliphatic carbocycles. The lowest BCUT2D eigenvalue weighted by Gasteiger charge is -2.22. The molecule has 0 spiro atoms. The average Bonchev–Trinajstić information content (AvgIpc) is 2.69. The Labute approximate surface area is 163 Å². The summed E-state index contributed by atoms with van der Waals surface area (Å²) in [6, 6.07) is 11.5. The summed E-state index contributed by atoms with van der Waals surface area (Å²) in [5, 5.41) is 5.53. The molecule has 0 fully saturated rings. The summed E-state index contributed by atoms with van der Waals surface area (Å²) in [5.74, 6) is 0. The van der Waals surface area contributed by atoms with Crippen LogP contribution in [0.3, 0.4) is 0 Å². The van der Waals surface area contributed by atoms with Crippen LogP contribution in [0.1, 0.15) is 24.9 Å². The average molecular weight is 405 g/mol. The van der Waals surface area contributed by atoms with Crippen LogP contribution in [0.15, 0.2) is 63.0 Å². The van der Waals surface area contributed by atoms with Crippen molar-refractivity contribution in [3.8, 4) is 0 Å². The van der Waals surface area contributed by atoms with E-state index >= 15 is 0 Å². The molecule has 0 amide bonds. The number of benzene rings is 1. The Balaban J connectivity index is 1.88. The molecule has 0 saturated heterocycles. The Morgan fingerprint density at radius 3 is 2.24 bits per heavy atom. The van der Waals surface area contributed by atoms with E-state index in [-0.39, 0.29) is 23.1 Å². The van der Waals surface area contributed by atoms with E-state index in [9.17, 15) is 27.6 Å². The van der Waals surface area contributed by atoms with E-state index in [0.717, 1.165) is 11.8 Å². The fourth-order valence-electron chi connectivity index (χ4n) is 3.01. The Hall–Kier alpha value is -3.36. The highest BCUT2D eigenvalue weighted by molar-refractivity contribution is 5.78. The lowest BCUT2D eigenvalue weighted by atomic mass is 10.0. The molecule has 1 atom stereocenters. The van der Waals surface area contributed by atoms with Gasteiger partial charge < -0.3 is 15.2 Å². The highest BCUT2D eigenvalue weighted by Gasteiger charge is 2.29. The number of alkyl halides is 3. The normalized spacial score (nSPS) is 12.7. The third-order valence-corrected chi connectivity index (χ3v) is 4.47. The predicted molar refractivity (Wildman–Crippen MR) is 104 cm³/mol. The van der Waals surface area contributed by atoms with Gasteiger partial charge in [0.05, 0.1) is 6.04 Å². The topological polar surface area (TPSA) is 80.2 Å². The van der Waals surface area contributed by atoms with Gasteiger partial charge in [0.2, 0.25) is 0 Å². The second kappa shape index (κ2) is 7.94. The van der Waals surface area contributed by atoms with Crippen LogP contribution in [0.5, 0.6) is 0 Å². The molecule has 2 N–H and O–H groups in total. The molecular formula is C20H18F3N3O3. The first-order valence-electron chi connectivity index (χ1n) is 8.89. The van der Waals surface area contributed by atoms with Crippen LogP contribution in [0.25, 0.3) is 0 Å². The minimum atomic E-state index is -4.57. The number of aromatic nitrogens is 1. The van der Waals surface area contributed by atoms with E-state index in [1.54, 1.807) is 0 Å². The first kappa shape index (κ1) is 20.4. The largest absolute Gasteiger partial charge is 0.406 e. The van der Waals surface area contributed by atoms with Crippen LogP contribution in [0.4, 0.5) is 30.2 Å². The summed E-state index contributed by atoms with van der Waals surface area (Å²) >= 11 is 0. The Morgan fingerprint density at radius 2 is 1.62 bits per heavy atom. The maximum atomic E-state index is 12.6. The number of pyridine rings is 1. The number of hydrogen-bond donors (Lipinski definition) is 2. The second-order valence-electron chi connectivity index (χ2n) is 6.52. The quantitative estimate of drug-likeness (QED) is 0.590. The molecule has 1 aromatic heterocycles. The lowest BCUT2D eigenvalue weighted by molar-refractivity contribution is -0.141. The predicted octanol–water partition coefficient (Wildman–Crippen LogP) is 3.31. The number of hydrogen-bond acceptors (Lipinski definition) is 5. The number of rotatable bonds is 7. The van der Waals surface area contributed by atoms with Crippen LogP contribution in [0, 0.1) is 0 Å². The fourth-order valence-corrected chi connectivity index (χ4v) is 3.01. The molecule has 1 heterocycles. The third-order valence-electron chi connectivity index (χ3n) is 4.47. The Bertz CT molecular complexity index is 1130. The van der Waals surface area contributed by atoms with Gasteiger partial charge in [-0.2, -0.15) is 13.2 Å². The molecule has 0 radical (unpaired) electrons. The van der Waals surface area contributed by atoms with Crippen molar-refractivity contribution < 1.29 is 13.2 Å². The Kier molecular flexibility index (Phi) is 5.58. The van der Waals surface area contributed by atoms with Gasteiger partial charge >= 0.3 is 6.18 Å². The second-order valence-corrected chi connectivity index (χ2v) is 6.52. The van der Waals surface area contributed by atoms with Crippen LogP contribution >= 0.6 is 0 Å². The van der Waals surface area contributed by atoms with E-state index in [0.29, 0.717) is 11.0 Å². The van der Waals surface area contributed by atoms with Gasteiger partial charge in [-0.15, -0.1) is 0 Å². The number of anilines is 3. The highest BCUT2D eigenvalue weighted by Crippen LogP contribution is 2.26. The van der Waals surface area contributed by atoms with Crippen LogP contribution in [-0.2, 0) is 6.54 Å². The van der Waals surface area contributed by atoms with Crippen molar-refractivity contribution in [1.82, 2.24) is 4.57 Å². The van der Waals surface area contributed by atoms with Crippen LogP contribution in [0.2, 0.25) is 0 Å². The van der Waals surface area contributed by atoms with Crippen molar-refractivity contribution >= 4 is 17.1 Å². The first-order valence-corrected chi connectivity index (χ1v) is 8.89. The highest BCUT2D eigenvalue weighted by atomic mass is 19.4. The zero-order valence-corrected chi connectivity index (χ0v) is 15.4. The van der Waals surface area contributed by atoms with Gasteiger partial charge in [0.25, 0.3) is 16.4 Å². The molecule has 0 aliphatic heterocycles. The summed E-state index contributed by atoms with van der Waals surface area (Å²) < 4.78 is 38.3. The van der Waals surface area contributed by atoms with Gasteiger partial charge in [0.15, 0.2) is 0 Å². The maximum absolute atomic E-state index is 12.6. The zero-order chi connectivity index (χ0) is 21.2. The van der Waals surface area contributed by atoms with Gasteiger partial charge in [0.1, 0.15) is 23.6 Å². The summed E-state index contributed by atoms with van der Waals surface area (Å²) in [6.45, 7) is 0.445. The minimum absolute atomic E-state index is 0.0105. The molecule has 0 saturated carbocycles. The van der Waals surface area contributed by atoms with Crippen molar-refractivity contribution in [3.05, 3.63) is 85.0 Å².